The van der Waals surface area contributed by atoms with E-state index in [0.717, 1.165) is 12.5 Å². The number of nitrogens with zero attached hydrogens (tertiary/aromatic N) is 2. The number of hydrogen-bond donors (Lipinski definition) is 1. The lowest BCUT2D eigenvalue weighted by molar-refractivity contribution is 0.177. The molecule has 1 rings (SSSR count). The second-order valence-electron chi connectivity index (χ2n) is 4.61. The average Bonchev–Trinajstić information content (AvgIpc) is 2.18. The fourth-order valence-corrected chi connectivity index (χ4v) is 2.08. The molecule has 0 aromatic heterocycles. The lowest BCUT2D eigenvalue weighted by Gasteiger charge is -2.31. The van der Waals surface area contributed by atoms with Crippen LogP contribution in [0.3, 0.4) is 0 Å². The van der Waals surface area contributed by atoms with Gasteiger partial charge in [-0.05, 0) is 53.0 Å². The van der Waals surface area contributed by atoms with E-state index >= 15 is 0 Å². The molecule has 1 aliphatic heterocycles. The van der Waals surface area contributed by atoms with Gasteiger partial charge in [0.25, 0.3) is 0 Å². The molecule has 1 heterocycles. The second kappa shape index (κ2) is 6.38. The van der Waals surface area contributed by atoms with Gasteiger partial charge in [-0.25, -0.2) is 0 Å². The first-order valence-electron chi connectivity index (χ1n) is 5.74. The van der Waals surface area contributed by atoms with Gasteiger partial charge in [0.2, 0.25) is 0 Å². The van der Waals surface area contributed by atoms with Crippen molar-refractivity contribution in [3.63, 3.8) is 0 Å². The Hall–Kier alpha value is -0.120. The molecule has 1 saturated heterocycles. The minimum Gasteiger partial charge on any atom is -0.318 e. The highest BCUT2D eigenvalue weighted by molar-refractivity contribution is 4.72. The molecule has 0 aromatic carbocycles. The summed E-state index contributed by atoms with van der Waals surface area (Å²) in [6.07, 6.45) is 2.75. The maximum atomic E-state index is 3.19. The quantitative estimate of drug-likeness (QED) is 0.695. The Bertz CT molecular complexity index is 141. The normalized spacial score (nSPS) is 20.6. The molecular weight excluding hydrogens is 174 g/mol. The molecule has 0 atom stereocenters. The minimum absolute atomic E-state index is 0.924. The van der Waals surface area contributed by atoms with Crippen LogP contribution in [0, 0.1) is 5.92 Å². The highest BCUT2D eigenvalue weighted by Crippen LogP contribution is 2.16. The van der Waals surface area contributed by atoms with Crippen molar-refractivity contribution in [1.82, 2.24) is 15.1 Å². The molecule has 14 heavy (non-hydrogen) atoms. The van der Waals surface area contributed by atoms with Crippen LogP contribution in [0.2, 0.25) is 0 Å². The predicted molar refractivity (Wildman–Crippen MR) is 61.6 cm³/mol. The van der Waals surface area contributed by atoms with E-state index in [1.165, 1.54) is 39.0 Å². The third kappa shape index (κ3) is 4.40. The first kappa shape index (κ1) is 12.0. The van der Waals surface area contributed by atoms with Gasteiger partial charge in [-0.3, -0.25) is 0 Å². The lowest BCUT2D eigenvalue weighted by atomic mass is 9.97. The summed E-state index contributed by atoms with van der Waals surface area (Å²) in [5.74, 6) is 0.924. The van der Waals surface area contributed by atoms with Crippen molar-refractivity contribution in [1.29, 1.82) is 0 Å². The van der Waals surface area contributed by atoms with Crippen molar-refractivity contribution in [3.05, 3.63) is 0 Å². The summed E-state index contributed by atoms with van der Waals surface area (Å²) >= 11 is 0. The summed E-state index contributed by atoms with van der Waals surface area (Å²) in [6, 6.07) is 0. The largest absolute Gasteiger partial charge is 0.318 e. The molecule has 0 saturated carbocycles. The maximum absolute atomic E-state index is 3.19. The Morgan fingerprint density at radius 2 is 2.00 bits per heavy atom. The van der Waals surface area contributed by atoms with Gasteiger partial charge in [0.05, 0.1) is 0 Å². The highest BCUT2D eigenvalue weighted by atomic mass is 15.1. The van der Waals surface area contributed by atoms with E-state index in [9.17, 15) is 0 Å². The molecular formula is C11H25N3. The lowest BCUT2D eigenvalue weighted by Crippen LogP contribution is -2.37. The van der Waals surface area contributed by atoms with E-state index in [1.807, 2.05) is 7.05 Å². The molecule has 1 fully saturated rings. The summed E-state index contributed by atoms with van der Waals surface area (Å²) in [5.41, 5.74) is 0. The third-order valence-electron chi connectivity index (χ3n) is 3.15. The molecule has 0 aliphatic carbocycles. The number of likely N-dealkylation sites (tertiary alicyclic amines) is 1. The van der Waals surface area contributed by atoms with E-state index in [4.69, 9.17) is 0 Å². The number of hydrogen-bond acceptors (Lipinski definition) is 3. The molecule has 0 bridgehead atoms. The van der Waals surface area contributed by atoms with Gasteiger partial charge in [0.1, 0.15) is 0 Å². The van der Waals surface area contributed by atoms with E-state index < -0.39 is 0 Å². The van der Waals surface area contributed by atoms with Crippen LogP contribution in [0.4, 0.5) is 0 Å². The summed E-state index contributed by atoms with van der Waals surface area (Å²) in [7, 11) is 6.47. The molecule has 0 amide bonds. The van der Waals surface area contributed by atoms with Crippen LogP contribution in [0.5, 0.6) is 0 Å². The molecule has 84 valence electrons. The van der Waals surface area contributed by atoms with E-state index in [-0.39, 0.29) is 0 Å². The zero-order valence-corrected chi connectivity index (χ0v) is 9.92. The Morgan fingerprint density at radius 3 is 2.57 bits per heavy atom. The summed E-state index contributed by atoms with van der Waals surface area (Å²) < 4.78 is 0. The third-order valence-corrected chi connectivity index (χ3v) is 3.15. The number of rotatable bonds is 5. The zero-order chi connectivity index (χ0) is 10.4. The van der Waals surface area contributed by atoms with Gasteiger partial charge in [-0.1, -0.05) is 0 Å². The number of nitrogens with one attached hydrogen (secondary N) is 1. The summed E-state index contributed by atoms with van der Waals surface area (Å²) in [4.78, 5) is 4.89. The van der Waals surface area contributed by atoms with Crippen LogP contribution in [0.15, 0.2) is 0 Å². The fraction of sp³-hybridized carbons (Fsp3) is 1.00. The van der Waals surface area contributed by atoms with E-state index in [0.29, 0.717) is 0 Å². The molecule has 0 radical (unpaired) electrons. The molecule has 0 aromatic rings. The SMILES string of the molecule is CNCCN(C)CC1CCN(C)CC1. The Balaban J connectivity index is 2.10. The predicted octanol–water partition coefficient (Wildman–Crippen LogP) is 0.479. The molecule has 1 aliphatic rings. The van der Waals surface area contributed by atoms with Crippen molar-refractivity contribution in [2.24, 2.45) is 5.92 Å². The van der Waals surface area contributed by atoms with Crippen molar-refractivity contribution in [2.45, 2.75) is 12.8 Å². The molecule has 3 heteroatoms. The van der Waals surface area contributed by atoms with Gasteiger partial charge < -0.3 is 15.1 Å². The maximum Gasteiger partial charge on any atom is 0.0104 e. The second-order valence-corrected chi connectivity index (χ2v) is 4.61. The van der Waals surface area contributed by atoms with Crippen molar-refractivity contribution < 1.29 is 0 Å². The summed E-state index contributed by atoms with van der Waals surface area (Å²) in [5, 5.41) is 3.19. The monoisotopic (exact) mass is 199 g/mol. The van der Waals surface area contributed by atoms with Gasteiger partial charge >= 0.3 is 0 Å². The van der Waals surface area contributed by atoms with Crippen LogP contribution < -0.4 is 5.32 Å². The average molecular weight is 199 g/mol. The highest BCUT2D eigenvalue weighted by Gasteiger charge is 2.17. The van der Waals surface area contributed by atoms with Crippen LogP contribution in [-0.2, 0) is 0 Å². The molecule has 3 nitrogen and oxygen atoms in total. The molecule has 1 N–H and O–H groups in total. The smallest absolute Gasteiger partial charge is 0.0104 e. The Morgan fingerprint density at radius 1 is 1.36 bits per heavy atom. The van der Waals surface area contributed by atoms with Crippen molar-refractivity contribution in [3.8, 4) is 0 Å². The molecule has 0 spiro atoms. The Kier molecular flexibility index (Phi) is 5.45. The van der Waals surface area contributed by atoms with E-state index in [1.54, 1.807) is 0 Å². The van der Waals surface area contributed by atoms with Crippen molar-refractivity contribution in [2.75, 3.05) is 53.9 Å². The standard InChI is InChI=1S/C11H25N3/c1-12-6-9-14(3)10-11-4-7-13(2)8-5-11/h11-12H,4-10H2,1-3H3. The first-order valence-corrected chi connectivity index (χ1v) is 5.74. The number of likely N-dealkylation sites (N-methyl/N-ethyl adjacent to an activating group) is 2. The van der Waals surface area contributed by atoms with Crippen LogP contribution in [-0.4, -0.2) is 63.7 Å². The number of piperidine rings is 1. The van der Waals surface area contributed by atoms with Gasteiger partial charge in [0.15, 0.2) is 0 Å². The topological polar surface area (TPSA) is 18.5 Å². The van der Waals surface area contributed by atoms with Gasteiger partial charge in [-0.15, -0.1) is 0 Å². The minimum atomic E-state index is 0.924. The van der Waals surface area contributed by atoms with E-state index in [2.05, 4.69) is 29.2 Å². The van der Waals surface area contributed by atoms with Gasteiger partial charge in [0, 0.05) is 19.6 Å². The van der Waals surface area contributed by atoms with Crippen molar-refractivity contribution >= 4 is 0 Å². The Labute approximate surface area is 88.5 Å². The van der Waals surface area contributed by atoms with Crippen LogP contribution in [0.1, 0.15) is 12.8 Å². The van der Waals surface area contributed by atoms with Gasteiger partial charge in [-0.2, -0.15) is 0 Å². The first-order chi connectivity index (χ1) is 6.72. The van der Waals surface area contributed by atoms with Crippen LogP contribution >= 0.6 is 0 Å². The van der Waals surface area contributed by atoms with Crippen LogP contribution in [0.25, 0.3) is 0 Å². The zero-order valence-electron chi connectivity index (χ0n) is 9.92. The molecule has 0 unspecified atom stereocenters. The summed E-state index contributed by atoms with van der Waals surface area (Å²) in [6.45, 7) is 6.11. The fourth-order valence-electron chi connectivity index (χ4n) is 2.08.